The van der Waals surface area contributed by atoms with E-state index in [2.05, 4.69) is 5.32 Å². The summed E-state index contributed by atoms with van der Waals surface area (Å²) in [6, 6.07) is 9.80. The first-order valence-electron chi connectivity index (χ1n) is 9.72. The van der Waals surface area contributed by atoms with Crippen molar-refractivity contribution in [3.8, 4) is 17.2 Å². The number of nitrogens with zero attached hydrogens (tertiary/aromatic N) is 1. The Labute approximate surface area is 178 Å². The van der Waals surface area contributed by atoms with E-state index in [0.717, 1.165) is 12.0 Å². The van der Waals surface area contributed by atoms with Gasteiger partial charge in [0.15, 0.2) is 24.7 Å². The van der Waals surface area contributed by atoms with Crippen LogP contribution in [0.5, 0.6) is 17.2 Å². The van der Waals surface area contributed by atoms with E-state index in [1.165, 1.54) is 12.1 Å². The fourth-order valence-electron chi connectivity index (χ4n) is 2.90. The highest BCUT2D eigenvalue weighted by molar-refractivity contribution is 5.95. The molecule has 1 aliphatic heterocycles. The van der Waals surface area contributed by atoms with Crippen LogP contribution in [0, 0.1) is 10.1 Å². The molecule has 0 aromatic heterocycles. The van der Waals surface area contributed by atoms with Crippen LogP contribution in [0.3, 0.4) is 0 Å². The van der Waals surface area contributed by atoms with Gasteiger partial charge < -0.3 is 24.3 Å². The molecule has 0 aliphatic carbocycles. The number of rotatable bonds is 8. The SMILES string of the molecule is CCc1ccccc1OCC(=O)OCC(=O)Nc1cc2c(cc1[N+](=O)[O-])OCCCO2. The number of amides is 1. The van der Waals surface area contributed by atoms with E-state index in [1.54, 1.807) is 12.1 Å². The maximum absolute atomic E-state index is 12.2. The second-order valence-corrected chi connectivity index (χ2v) is 6.58. The van der Waals surface area contributed by atoms with Gasteiger partial charge in [0.05, 0.1) is 24.2 Å². The number of fused-ring (bicyclic) bond motifs is 1. The van der Waals surface area contributed by atoms with Crippen molar-refractivity contribution >= 4 is 23.3 Å². The van der Waals surface area contributed by atoms with E-state index in [1.807, 2.05) is 19.1 Å². The average molecular weight is 430 g/mol. The van der Waals surface area contributed by atoms with Gasteiger partial charge in [-0.15, -0.1) is 0 Å². The molecule has 2 aromatic rings. The third kappa shape index (κ3) is 5.84. The lowest BCUT2D eigenvalue weighted by Crippen LogP contribution is -2.24. The summed E-state index contributed by atoms with van der Waals surface area (Å²) >= 11 is 0. The highest BCUT2D eigenvalue weighted by Crippen LogP contribution is 2.39. The highest BCUT2D eigenvalue weighted by Gasteiger charge is 2.23. The van der Waals surface area contributed by atoms with Crippen molar-refractivity contribution in [1.82, 2.24) is 0 Å². The minimum atomic E-state index is -0.741. The second-order valence-electron chi connectivity index (χ2n) is 6.58. The molecule has 1 heterocycles. The number of nitrogens with one attached hydrogen (secondary N) is 1. The van der Waals surface area contributed by atoms with Crippen LogP contribution < -0.4 is 19.5 Å². The Bertz CT molecular complexity index is 976. The third-order valence-electron chi connectivity index (χ3n) is 4.40. The average Bonchev–Trinajstić information content (AvgIpc) is 3.00. The van der Waals surface area contributed by atoms with Crippen LogP contribution in [0.4, 0.5) is 11.4 Å². The fraction of sp³-hybridized carbons (Fsp3) is 0.333. The summed E-state index contributed by atoms with van der Waals surface area (Å²) in [6.07, 6.45) is 1.37. The van der Waals surface area contributed by atoms with Crippen LogP contribution in [-0.2, 0) is 20.7 Å². The Balaban J connectivity index is 1.57. The molecule has 164 valence electrons. The Kier molecular flexibility index (Phi) is 7.26. The van der Waals surface area contributed by atoms with Gasteiger partial charge >= 0.3 is 5.97 Å². The Morgan fingerprint density at radius 3 is 2.55 bits per heavy atom. The first-order valence-corrected chi connectivity index (χ1v) is 9.72. The van der Waals surface area contributed by atoms with Crippen LogP contribution in [-0.4, -0.2) is 43.2 Å². The summed E-state index contributed by atoms with van der Waals surface area (Å²) < 4.78 is 21.3. The molecular formula is C21H22N2O8. The first-order chi connectivity index (χ1) is 15.0. The van der Waals surface area contributed by atoms with E-state index in [-0.39, 0.29) is 23.7 Å². The van der Waals surface area contributed by atoms with Gasteiger partial charge in [0.25, 0.3) is 11.6 Å². The number of hydrogen-bond acceptors (Lipinski definition) is 8. The van der Waals surface area contributed by atoms with Gasteiger partial charge in [0.2, 0.25) is 0 Å². The number of nitro groups is 1. The van der Waals surface area contributed by atoms with Crippen molar-refractivity contribution in [1.29, 1.82) is 0 Å². The molecule has 0 fully saturated rings. The Morgan fingerprint density at radius 2 is 1.84 bits per heavy atom. The van der Waals surface area contributed by atoms with Crippen LogP contribution in [0.1, 0.15) is 18.9 Å². The zero-order valence-corrected chi connectivity index (χ0v) is 16.9. The van der Waals surface area contributed by atoms with Crippen molar-refractivity contribution in [2.24, 2.45) is 0 Å². The van der Waals surface area contributed by atoms with Gasteiger partial charge in [0, 0.05) is 12.5 Å². The number of ether oxygens (including phenoxy) is 4. The molecule has 0 saturated carbocycles. The Hall–Kier alpha value is -3.82. The Morgan fingerprint density at radius 1 is 1.13 bits per heavy atom. The molecule has 10 heteroatoms. The van der Waals surface area contributed by atoms with Crippen molar-refractivity contribution in [2.45, 2.75) is 19.8 Å². The summed E-state index contributed by atoms with van der Waals surface area (Å²) in [6.45, 7) is 1.73. The van der Waals surface area contributed by atoms with Crippen LogP contribution in [0.25, 0.3) is 0 Å². The quantitative estimate of drug-likeness (QED) is 0.385. The third-order valence-corrected chi connectivity index (χ3v) is 4.40. The zero-order valence-electron chi connectivity index (χ0n) is 16.9. The van der Waals surface area contributed by atoms with Crippen molar-refractivity contribution in [3.05, 3.63) is 52.1 Å². The van der Waals surface area contributed by atoms with Gasteiger partial charge in [-0.1, -0.05) is 25.1 Å². The molecule has 1 N–H and O–H groups in total. The molecule has 0 bridgehead atoms. The van der Waals surface area contributed by atoms with Gasteiger partial charge in [-0.2, -0.15) is 0 Å². The monoisotopic (exact) mass is 430 g/mol. The number of hydrogen-bond donors (Lipinski definition) is 1. The molecule has 0 radical (unpaired) electrons. The van der Waals surface area contributed by atoms with E-state index in [4.69, 9.17) is 18.9 Å². The maximum Gasteiger partial charge on any atom is 0.344 e. The number of carbonyl (C=O) groups is 2. The van der Waals surface area contributed by atoms with Crippen LogP contribution in [0.2, 0.25) is 0 Å². The number of carbonyl (C=O) groups excluding carboxylic acids is 2. The van der Waals surface area contributed by atoms with E-state index in [9.17, 15) is 19.7 Å². The van der Waals surface area contributed by atoms with Crippen molar-refractivity contribution in [2.75, 3.05) is 31.7 Å². The summed E-state index contributed by atoms with van der Waals surface area (Å²) in [4.78, 5) is 34.8. The standard InChI is InChI=1S/C21H22N2O8/c1-2-14-6-3-4-7-17(14)30-13-21(25)31-12-20(24)22-15-10-18-19(11-16(15)23(26)27)29-9-5-8-28-18/h3-4,6-7,10-11H,2,5,8-9,12-13H2,1H3,(H,22,24). The maximum atomic E-state index is 12.2. The first kappa shape index (κ1) is 21.9. The number of para-hydroxylation sites is 1. The normalized spacial score (nSPS) is 12.4. The van der Waals surface area contributed by atoms with Crippen molar-refractivity contribution < 1.29 is 33.5 Å². The predicted molar refractivity (Wildman–Crippen MR) is 110 cm³/mol. The predicted octanol–water partition coefficient (Wildman–Crippen LogP) is 2.88. The van der Waals surface area contributed by atoms with Crippen LogP contribution in [0.15, 0.2) is 36.4 Å². The zero-order chi connectivity index (χ0) is 22.2. The minimum Gasteiger partial charge on any atom is -0.489 e. The molecule has 2 aromatic carbocycles. The molecule has 1 amide bonds. The number of nitro benzene ring substituents is 1. The minimum absolute atomic E-state index is 0.0802. The lowest BCUT2D eigenvalue weighted by Gasteiger charge is -2.12. The molecule has 3 rings (SSSR count). The lowest BCUT2D eigenvalue weighted by atomic mass is 10.1. The number of aryl methyl sites for hydroxylation is 1. The number of esters is 1. The molecule has 31 heavy (non-hydrogen) atoms. The number of benzene rings is 2. The molecule has 0 unspecified atom stereocenters. The summed E-state index contributed by atoms with van der Waals surface area (Å²) in [7, 11) is 0. The molecule has 0 saturated heterocycles. The van der Waals surface area contributed by atoms with Gasteiger partial charge in [-0.25, -0.2) is 4.79 Å². The lowest BCUT2D eigenvalue weighted by molar-refractivity contribution is -0.384. The van der Waals surface area contributed by atoms with Crippen LogP contribution >= 0.6 is 0 Å². The summed E-state index contributed by atoms with van der Waals surface area (Å²) in [5.74, 6) is -0.389. The van der Waals surface area contributed by atoms with Gasteiger partial charge in [-0.05, 0) is 18.1 Å². The van der Waals surface area contributed by atoms with Gasteiger partial charge in [0.1, 0.15) is 11.4 Å². The molecule has 1 aliphatic rings. The van der Waals surface area contributed by atoms with E-state index in [0.29, 0.717) is 31.1 Å². The molecular weight excluding hydrogens is 408 g/mol. The smallest absolute Gasteiger partial charge is 0.344 e. The second kappa shape index (κ2) is 10.3. The topological polar surface area (TPSA) is 126 Å². The van der Waals surface area contributed by atoms with Gasteiger partial charge in [-0.3, -0.25) is 14.9 Å². The summed E-state index contributed by atoms with van der Waals surface area (Å²) in [5, 5.41) is 13.7. The largest absolute Gasteiger partial charge is 0.489 e. The van der Waals surface area contributed by atoms with Crippen molar-refractivity contribution in [3.63, 3.8) is 0 Å². The molecule has 0 spiro atoms. The number of anilines is 1. The van der Waals surface area contributed by atoms with E-state index >= 15 is 0 Å². The highest BCUT2D eigenvalue weighted by atomic mass is 16.6. The summed E-state index contributed by atoms with van der Waals surface area (Å²) in [5.41, 5.74) is 0.501. The molecule has 0 atom stereocenters. The fourth-order valence-corrected chi connectivity index (χ4v) is 2.90. The molecule has 10 nitrogen and oxygen atoms in total. The van der Waals surface area contributed by atoms with E-state index < -0.39 is 23.4 Å².